The topological polar surface area (TPSA) is 64.4 Å². The van der Waals surface area contributed by atoms with Crippen LogP contribution in [0, 0.1) is 11.3 Å². The number of nitrogens with zero attached hydrogens (tertiary/aromatic N) is 3. The van der Waals surface area contributed by atoms with E-state index in [4.69, 9.17) is 5.26 Å². The molecule has 1 aliphatic rings. The molecule has 25 heavy (non-hydrogen) atoms. The van der Waals surface area contributed by atoms with E-state index in [1.165, 1.54) is 0 Å². The van der Waals surface area contributed by atoms with Gasteiger partial charge in [0.15, 0.2) is 0 Å². The van der Waals surface area contributed by atoms with Gasteiger partial charge < -0.3 is 4.90 Å². The fourth-order valence-electron chi connectivity index (χ4n) is 2.89. The smallest absolute Gasteiger partial charge is 0.243 e. The summed E-state index contributed by atoms with van der Waals surface area (Å²) in [4.78, 5) is 2.49. The first-order valence-corrected chi connectivity index (χ1v) is 10.2. The molecule has 0 N–H and O–H groups in total. The summed E-state index contributed by atoms with van der Waals surface area (Å²) in [7, 11) is -3.48. The third kappa shape index (κ3) is 4.03. The lowest BCUT2D eigenvalue weighted by Gasteiger charge is -2.23. The zero-order chi connectivity index (χ0) is 17.9. The fraction of sp³-hybridized carbons (Fsp3) is 0.278. The summed E-state index contributed by atoms with van der Waals surface area (Å²) in [6, 6.07) is 16.3. The molecule has 1 aliphatic heterocycles. The molecule has 0 amide bonds. The van der Waals surface area contributed by atoms with Crippen LogP contribution < -0.4 is 4.90 Å². The van der Waals surface area contributed by atoms with Crippen molar-refractivity contribution in [1.82, 2.24) is 4.31 Å². The molecule has 0 radical (unpaired) electrons. The molecule has 130 valence electrons. The molecule has 1 fully saturated rings. The Hall–Kier alpha value is -1.88. The summed E-state index contributed by atoms with van der Waals surface area (Å²) < 4.78 is 28.1. The first-order valence-electron chi connectivity index (χ1n) is 8.01. The number of halogens is 1. The monoisotopic (exact) mass is 419 g/mol. The molecule has 1 heterocycles. The Morgan fingerprint density at radius 3 is 2.24 bits per heavy atom. The maximum atomic E-state index is 12.8. The van der Waals surface area contributed by atoms with E-state index in [1.54, 1.807) is 40.7 Å². The third-order valence-electron chi connectivity index (χ3n) is 4.27. The standard InChI is InChI=1S/C18H18BrN3O2S/c19-16-4-8-18(9-5-16)25(23,24)22-11-1-10-21(12-13-22)17-6-2-15(14-20)3-7-17/h2-9H,1,10-13H2. The third-order valence-corrected chi connectivity index (χ3v) is 6.71. The number of benzene rings is 2. The van der Waals surface area contributed by atoms with Crippen molar-refractivity contribution in [2.75, 3.05) is 31.1 Å². The van der Waals surface area contributed by atoms with Crippen molar-refractivity contribution in [3.05, 3.63) is 58.6 Å². The van der Waals surface area contributed by atoms with Crippen LogP contribution in [0.4, 0.5) is 5.69 Å². The molecule has 5 nitrogen and oxygen atoms in total. The number of rotatable bonds is 3. The minimum Gasteiger partial charge on any atom is -0.370 e. The predicted molar refractivity (Wildman–Crippen MR) is 101 cm³/mol. The van der Waals surface area contributed by atoms with Gasteiger partial charge in [0.1, 0.15) is 0 Å². The highest BCUT2D eigenvalue weighted by Crippen LogP contribution is 2.22. The van der Waals surface area contributed by atoms with E-state index >= 15 is 0 Å². The molecule has 0 unspecified atom stereocenters. The molecule has 0 aromatic heterocycles. The van der Waals surface area contributed by atoms with Crippen molar-refractivity contribution in [3.63, 3.8) is 0 Å². The van der Waals surface area contributed by atoms with E-state index in [0.717, 1.165) is 23.1 Å². The van der Waals surface area contributed by atoms with E-state index in [-0.39, 0.29) is 0 Å². The maximum absolute atomic E-state index is 12.8. The van der Waals surface area contributed by atoms with Crippen LogP contribution in [0.3, 0.4) is 0 Å². The lowest BCUT2D eigenvalue weighted by atomic mass is 10.2. The van der Waals surface area contributed by atoms with Gasteiger partial charge in [-0.05, 0) is 55.0 Å². The number of anilines is 1. The summed E-state index contributed by atoms with van der Waals surface area (Å²) >= 11 is 3.33. The van der Waals surface area contributed by atoms with Crippen molar-refractivity contribution in [3.8, 4) is 6.07 Å². The zero-order valence-electron chi connectivity index (χ0n) is 13.6. The van der Waals surface area contributed by atoms with Crippen LogP contribution in [-0.2, 0) is 10.0 Å². The second-order valence-corrected chi connectivity index (χ2v) is 8.71. The van der Waals surface area contributed by atoms with Crippen LogP contribution in [0.25, 0.3) is 0 Å². The molecule has 7 heteroatoms. The quantitative estimate of drug-likeness (QED) is 0.765. The molecule has 0 bridgehead atoms. The summed E-state index contributed by atoms with van der Waals surface area (Å²) in [6.07, 6.45) is 0.760. The first kappa shape index (κ1) is 17.9. The number of hydrogen-bond acceptors (Lipinski definition) is 4. The molecule has 1 saturated heterocycles. The van der Waals surface area contributed by atoms with Crippen molar-refractivity contribution in [1.29, 1.82) is 5.26 Å². The van der Waals surface area contributed by atoms with E-state index in [0.29, 0.717) is 30.1 Å². The molecule has 3 rings (SSSR count). The van der Waals surface area contributed by atoms with Gasteiger partial charge in [0.2, 0.25) is 10.0 Å². The second kappa shape index (κ2) is 7.56. The van der Waals surface area contributed by atoms with Crippen LogP contribution in [0.2, 0.25) is 0 Å². The number of hydrogen-bond donors (Lipinski definition) is 0. The van der Waals surface area contributed by atoms with Gasteiger partial charge in [-0.3, -0.25) is 0 Å². The van der Waals surface area contributed by atoms with E-state index in [2.05, 4.69) is 26.9 Å². The molecule has 2 aromatic carbocycles. The summed E-state index contributed by atoms with van der Waals surface area (Å²) in [5.74, 6) is 0. The molecule has 0 saturated carbocycles. The van der Waals surface area contributed by atoms with E-state index in [1.807, 2.05) is 12.1 Å². The van der Waals surface area contributed by atoms with Crippen LogP contribution in [0.15, 0.2) is 57.9 Å². The lowest BCUT2D eigenvalue weighted by molar-refractivity contribution is 0.433. The molecular weight excluding hydrogens is 402 g/mol. The zero-order valence-corrected chi connectivity index (χ0v) is 16.0. The Kier molecular flexibility index (Phi) is 5.42. The molecular formula is C18H18BrN3O2S. The maximum Gasteiger partial charge on any atom is 0.243 e. The Balaban J connectivity index is 1.74. The average molecular weight is 420 g/mol. The Morgan fingerprint density at radius 2 is 1.60 bits per heavy atom. The van der Waals surface area contributed by atoms with E-state index < -0.39 is 10.0 Å². The highest BCUT2D eigenvalue weighted by atomic mass is 79.9. The average Bonchev–Trinajstić information content (AvgIpc) is 2.89. The van der Waals surface area contributed by atoms with Gasteiger partial charge in [0.25, 0.3) is 0 Å². The van der Waals surface area contributed by atoms with Crippen LogP contribution in [-0.4, -0.2) is 38.9 Å². The Bertz CT molecular complexity index is 874. The molecule has 0 spiro atoms. The SMILES string of the molecule is N#Cc1ccc(N2CCCN(S(=O)(=O)c3ccc(Br)cc3)CC2)cc1. The van der Waals surface area contributed by atoms with Gasteiger partial charge in [-0.2, -0.15) is 9.57 Å². The van der Waals surface area contributed by atoms with Crippen molar-refractivity contribution in [2.45, 2.75) is 11.3 Å². The van der Waals surface area contributed by atoms with Gasteiger partial charge >= 0.3 is 0 Å². The minimum atomic E-state index is -3.48. The number of nitriles is 1. The normalized spacial score (nSPS) is 16.2. The summed E-state index contributed by atoms with van der Waals surface area (Å²) in [5.41, 5.74) is 1.64. The van der Waals surface area contributed by atoms with Crippen molar-refractivity contribution in [2.24, 2.45) is 0 Å². The van der Waals surface area contributed by atoms with Crippen LogP contribution in [0.1, 0.15) is 12.0 Å². The highest BCUT2D eigenvalue weighted by molar-refractivity contribution is 9.10. The lowest BCUT2D eigenvalue weighted by Crippen LogP contribution is -2.35. The second-order valence-electron chi connectivity index (χ2n) is 5.86. The minimum absolute atomic E-state index is 0.322. The van der Waals surface area contributed by atoms with Gasteiger partial charge in [0.05, 0.1) is 16.5 Å². The van der Waals surface area contributed by atoms with Crippen LogP contribution in [0.5, 0.6) is 0 Å². The summed E-state index contributed by atoms with van der Waals surface area (Å²) in [5, 5.41) is 8.89. The largest absolute Gasteiger partial charge is 0.370 e. The predicted octanol–water partition coefficient (Wildman–Crippen LogP) is 3.22. The molecule has 0 aliphatic carbocycles. The Morgan fingerprint density at radius 1 is 0.920 bits per heavy atom. The molecule has 0 atom stereocenters. The summed E-state index contributed by atoms with van der Waals surface area (Å²) in [6.45, 7) is 2.36. The van der Waals surface area contributed by atoms with Crippen molar-refractivity contribution >= 4 is 31.6 Å². The Labute approximate surface area is 156 Å². The highest BCUT2D eigenvalue weighted by Gasteiger charge is 2.26. The van der Waals surface area contributed by atoms with Crippen LogP contribution >= 0.6 is 15.9 Å². The van der Waals surface area contributed by atoms with Crippen molar-refractivity contribution < 1.29 is 8.42 Å². The molecule has 2 aromatic rings. The van der Waals surface area contributed by atoms with Gasteiger partial charge in [-0.25, -0.2) is 8.42 Å². The first-order chi connectivity index (χ1) is 12.0. The fourth-order valence-corrected chi connectivity index (χ4v) is 4.63. The van der Waals surface area contributed by atoms with Gasteiger partial charge in [0, 0.05) is 36.3 Å². The van der Waals surface area contributed by atoms with E-state index in [9.17, 15) is 8.42 Å². The van der Waals surface area contributed by atoms with Gasteiger partial charge in [-0.15, -0.1) is 0 Å². The van der Waals surface area contributed by atoms with Gasteiger partial charge in [-0.1, -0.05) is 15.9 Å². The number of sulfonamides is 1.